The van der Waals surface area contributed by atoms with Crippen LogP contribution in [0.3, 0.4) is 0 Å². The number of carbonyl (C=O) groups is 2. The number of rotatable bonds is 7. The van der Waals surface area contributed by atoms with Crippen LogP contribution in [0, 0.1) is 0 Å². The maximum Gasteiger partial charge on any atom is 0.387 e. The van der Waals surface area contributed by atoms with Crippen LogP contribution in [-0.4, -0.2) is 32.7 Å². The molecular formula is C18H17F2NO5. The zero-order valence-corrected chi connectivity index (χ0v) is 14.1. The lowest BCUT2D eigenvalue weighted by Crippen LogP contribution is -2.22. The molecule has 0 fully saturated rings. The molecule has 0 aliphatic rings. The van der Waals surface area contributed by atoms with Crippen LogP contribution in [0.5, 0.6) is 11.5 Å². The number of halogens is 2. The highest BCUT2D eigenvalue weighted by molar-refractivity contribution is 5.96. The lowest BCUT2D eigenvalue weighted by molar-refractivity contribution is -0.0512. The monoisotopic (exact) mass is 365 g/mol. The van der Waals surface area contributed by atoms with Gasteiger partial charge in [0.25, 0.3) is 5.91 Å². The van der Waals surface area contributed by atoms with Crippen molar-refractivity contribution in [2.24, 2.45) is 0 Å². The summed E-state index contributed by atoms with van der Waals surface area (Å²) in [7, 11) is 2.60. The van der Waals surface area contributed by atoms with Crippen LogP contribution in [0.15, 0.2) is 42.5 Å². The molecular weight excluding hydrogens is 348 g/mol. The Morgan fingerprint density at radius 2 is 1.65 bits per heavy atom. The van der Waals surface area contributed by atoms with E-state index in [4.69, 9.17) is 4.74 Å². The van der Waals surface area contributed by atoms with Crippen LogP contribution in [0.1, 0.15) is 26.3 Å². The quantitative estimate of drug-likeness (QED) is 0.764. The third kappa shape index (κ3) is 4.92. The molecule has 0 aliphatic carbocycles. The van der Waals surface area contributed by atoms with Gasteiger partial charge in [-0.3, -0.25) is 4.79 Å². The van der Waals surface area contributed by atoms with Crippen LogP contribution < -0.4 is 14.8 Å². The summed E-state index contributed by atoms with van der Waals surface area (Å²) in [5, 5.41) is 2.69. The van der Waals surface area contributed by atoms with E-state index in [0.717, 1.165) is 0 Å². The molecule has 0 heterocycles. The second kappa shape index (κ2) is 8.80. The van der Waals surface area contributed by atoms with Gasteiger partial charge < -0.3 is 19.5 Å². The zero-order valence-electron chi connectivity index (χ0n) is 14.1. The van der Waals surface area contributed by atoms with Crippen molar-refractivity contribution in [1.29, 1.82) is 0 Å². The molecule has 6 nitrogen and oxygen atoms in total. The van der Waals surface area contributed by atoms with Gasteiger partial charge in [0.2, 0.25) is 0 Å². The number of hydrogen-bond acceptors (Lipinski definition) is 5. The van der Waals surface area contributed by atoms with Gasteiger partial charge in [0.05, 0.1) is 19.8 Å². The SMILES string of the molecule is COC(=O)c1ccc(C(=O)NCc2ccc(OC(F)F)c(OC)c2)cc1. The number of esters is 1. The van der Waals surface area contributed by atoms with E-state index in [0.29, 0.717) is 16.7 Å². The number of ether oxygens (including phenoxy) is 3. The first-order valence-electron chi connectivity index (χ1n) is 7.53. The number of hydrogen-bond donors (Lipinski definition) is 1. The van der Waals surface area contributed by atoms with Gasteiger partial charge in [-0.1, -0.05) is 6.07 Å². The van der Waals surface area contributed by atoms with Crippen molar-refractivity contribution >= 4 is 11.9 Å². The van der Waals surface area contributed by atoms with Gasteiger partial charge in [-0.25, -0.2) is 4.79 Å². The zero-order chi connectivity index (χ0) is 19.1. The van der Waals surface area contributed by atoms with E-state index in [-0.39, 0.29) is 24.0 Å². The Labute approximate surface area is 148 Å². The van der Waals surface area contributed by atoms with Crippen LogP contribution >= 0.6 is 0 Å². The minimum absolute atomic E-state index is 0.0871. The third-order valence-corrected chi connectivity index (χ3v) is 3.47. The van der Waals surface area contributed by atoms with Crippen molar-refractivity contribution < 1.29 is 32.6 Å². The standard InChI is InChI=1S/C18H17F2NO5/c1-24-15-9-11(3-8-14(15)26-18(19)20)10-21-16(22)12-4-6-13(7-5-12)17(23)25-2/h3-9,18H,10H2,1-2H3,(H,21,22). The number of methoxy groups -OCH3 is 2. The summed E-state index contributed by atoms with van der Waals surface area (Å²) >= 11 is 0. The average Bonchev–Trinajstić information content (AvgIpc) is 2.65. The highest BCUT2D eigenvalue weighted by atomic mass is 19.3. The highest BCUT2D eigenvalue weighted by Gasteiger charge is 2.12. The summed E-state index contributed by atoms with van der Waals surface area (Å²) in [4.78, 5) is 23.5. The fourth-order valence-corrected chi connectivity index (χ4v) is 2.18. The first kappa shape index (κ1) is 19.2. The summed E-state index contributed by atoms with van der Waals surface area (Å²) in [5.41, 5.74) is 1.34. The second-order valence-corrected chi connectivity index (χ2v) is 5.12. The van der Waals surface area contributed by atoms with Gasteiger partial charge in [0, 0.05) is 12.1 Å². The predicted octanol–water partition coefficient (Wildman–Crippen LogP) is 3.01. The van der Waals surface area contributed by atoms with Gasteiger partial charge in [-0.05, 0) is 42.0 Å². The van der Waals surface area contributed by atoms with E-state index in [1.807, 2.05) is 0 Å². The molecule has 138 valence electrons. The summed E-state index contributed by atoms with van der Waals surface area (Å²) in [6.07, 6.45) is 0. The molecule has 2 aromatic carbocycles. The van der Waals surface area contributed by atoms with Crippen molar-refractivity contribution in [3.63, 3.8) is 0 Å². The van der Waals surface area contributed by atoms with Crippen molar-refractivity contribution in [2.75, 3.05) is 14.2 Å². The van der Waals surface area contributed by atoms with E-state index in [2.05, 4.69) is 14.8 Å². The van der Waals surface area contributed by atoms with E-state index >= 15 is 0 Å². The van der Waals surface area contributed by atoms with E-state index in [1.165, 1.54) is 50.6 Å². The average molecular weight is 365 g/mol. The Morgan fingerprint density at radius 3 is 2.23 bits per heavy atom. The van der Waals surface area contributed by atoms with Crippen molar-refractivity contribution in [3.05, 3.63) is 59.2 Å². The summed E-state index contributed by atoms with van der Waals surface area (Å²) in [6, 6.07) is 10.4. The maximum atomic E-state index is 12.3. The van der Waals surface area contributed by atoms with E-state index in [1.54, 1.807) is 6.07 Å². The van der Waals surface area contributed by atoms with Gasteiger partial charge in [-0.15, -0.1) is 0 Å². The molecule has 0 bridgehead atoms. The Hall–Kier alpha value is -3.16. The van der Waals surface area contributed by atoms with Gasteiger partial charge in [0.1, 0.15) is 0 Å². The van der Waals surface area contributed by atoms with E-state index < -0.39 is 12.6 Å². The van der Waals surface area contributed by atoms with Gasteiger partial charge in [-0.2, -0.15) is 8.78 Å². The highest BCUT2D eigenvalue weighted by Crippen LogP contribution is 2.29. The van der Waals surface area contributed by atoms with Gasteiger partial charge >= 0.3 is 12.6 Å². The van der Waals surface area contributed by atoms with Crippen molar-refractivity contribution in [1.82, 2.24) is 5.32 Å². The fourth-order valence-electron chi connectivity index (χ4n) is 2.18. The fraction of sp³-hybridized carbons (Fsp3) is 0.222. The van der Waals surface area contributed by atoms with Crippen molar-refractivity contribution in [3.8, 4) is 11.5 Å². The Balaban J connectivity index is 2.01. The summed E-state index contributed by atoms with van der Waals surface area (Å²) in [6.45, 7) is -2.80. The van der Waals surface area contributed by atoms with Crippen molar-refractivity contribution in [2.45, 2.75) is 13.2 Å². The largest absolute Gasteiger partial charge is 0.493 e. The summed E-state index contributed by atoms with van der Waals surface area (Å²) < 4.78 is 38.6. The van der Waals surface area contributed by atoms with Crippen LogP contribution in [-0.2, 0) is 11.3 Å². The first-order valence-corrected chi connectivity index (χ1v) is 7.53. The Morgan fingerprint density at radius 1 is 1.00 bits per heavy atom. The molecule has 2 aromatic rings. The number of carbonyl (C=O) groups excluding carboxylic acids is 2. The smallest absolute Gasteiger partial charge is 0.387 e. The third-order valence-electron chi connectivity index (χ3n) is 3.47. The van der Waals surface area contributed by atoms with Crippen LogP contribution in [0.4, 0.5) is 8.78 Å². The normalized spacial score (nSPS) is 10.3. The minimum Gasteiger partial charge on any atom is -0.493 e. The molecule has 1 N–H and O–H groups in total. The lowest BCUT2D eigenvalue weighted by atomic mass is 10.1. The molecule has 0 saturated carbocycles. The molecule has 0 radical (unpaired) electrons. The molecule has 26 heavy (non-hydrogen) atoms. The number of nitrogens with one attached hydrogen (secondary N) is 1. The first-order chi connectivity index (χ1) is 12.4. The molecule has 0 aliphatic heterocycles. The molecule has 0 aromatic heterocycles. The lowest BCUT2D eigenvalue weighted by Gasteiger charge is -2.12. The molecule has 2 rings (SSSR count). The summed E-state index contributed by atoms with van der Waals surface area (Å²) in [5.74, 6) is -0.793. The van der Waals surface area contributed by atoms with Gasteiger partial charge in [0.15, 0.2) is 11.5 Å². The molecule has 1 amide bonds. The molecule has 0 atom stereocenters. The molecule has 0 spiro atoms. The molecule has 0 saturated heterocycles. The minimum atomic E-state index is -2.96. The number of amides is 1. The van der Waals surface area contributed by atoms with E-state index in [9.17, 15) is 18.4 Å². The molecule has 0 unspecified atom stereocenters. The van der Waals surface area contributed by atoms with Crippen LogP contribution in [0.2, 0.25) is 0 Å². The number of benzene rings is 2. The predicted molar refractivity (Wildman–Crippen MR) is 88.6 cm³/mol. The second-order valence-electron chi connectivity index (χ2n) is 5.12. The number of alkyl halides is 2. The Kier molecular flexibility index (Phi) is 6.48. The maximum absolute atomic E-state index is 12.3. The van der Waals surface area contributed by atoms with Crippen LogP contribution in [0.25, 0.3) is 0 Å². The molecule has 8 heteroatoms. The Bertz CT molecular complexity index is 778. The topological polar surface area (TPSA) is 73.9 Å².